The maximum Gasteiger partial charge on any atom is 0.313 e. The summed E-state index contributed by atoms with van der Waals surface area (Å²) in [5, 5.41) is 0. The Kier molecular flexibility index (Phi) is 5.81. The van der Waals surface area contributed by atoms with Crippen molar-refractivity contribution < 1.29 is 9.59 Å². The van der Waals surface area contributed by atoms with Crippen LogP contribution >= 0.6 is 0 Å². The number of piperidine rings is 1. The van der Waals surface area contributed by atoms with E-state index >= 15 is 0 Å². The van der Waals surface area contributed by atoms with Crippen molar-refractivity contribution in [3.8, 4) is 0 Å². The molecular weight excluding hydrogens is 326 g/mol. The average molecular weight is 360 g/mol. The van der Waals surface area contributed by atoms with E-state index in [2.05, 4.69) is 0 Å². The van der Waals surface area contributed by atoms with Gasteiger partial charge in [0.15, 0.2) is 0 Å². The molecule has 0 aromatic heterocycles. The Labute approximate surface area is 157 Å². The van der Waals surface area contributed by atoms with Crippen LogP contribution in [0.3, 0.4) is 0 Å². The maximum absolute atomic E-state index is 13.3. The number of hydrogen-bond donors (Lipinski definition) is 1. The molecule has 0 aliphatic carbocycles. The van der Waals surface area contributed by atoms with Crippen LogP contribution in [-0.4, -0.2) is 44.8 Å². The summed E-state index contributed by atoms with van der Waals surface area (Å²) in [4.78, 5) is 29.8. The highest BCUT2D eigenvalue weighted by Gasteiger charge is 2.49. The van der Waals surface area contributed by atoms with Crippen molar-refractivity contribution in [1.29, 1.82) is 0 Å². The zero-order valence-electron chi connectivity index (χ0n) is 17.0. The molecule has 2 N–H and O–H groups in total. The van der Waals surface area contributed by atoms with Crippen LogP contribution in [0.25, 0.3) is 0 Å². The summed E-state index contributed by atoms with van der Waals surface area (Å²) in [7, 11) is 0. The van der Waals surface area contributed by atoms with Gasteiger partial charge in [-0.25, -0.2) is 0 Å². The molecule has 144 valence electrons. The second-order valence-electron chi connectivity index (χ2n) is 8.95. The minimum Gasteiger partial charge on any atom is -0.328 e. The molecule has 1 aromatic carbocycles. The number of rotatable bonds is 3. The number of benzene rings is 1. The van der Waals surface area contributed by atoms with Crippen LogP contribution < -0.4 is 5.73 Å². The zero-order chi connectivity index (χ0) is 19.7. The van der Waals surface area contributed by atoms with Crippen molar-refractivity contribution in [3.63, 3.8) is 0 Å². The third-order valence-corrected chi connectivity index (χ3v) is 5.20. The number of nitrogens with two attached hydrogens (primary N) is 1. The molecule has 0 bridgehead atoms. The maximum atomic E-state index is 13.3. The second kappa shape index (κ2) is 7.39. The molecule has 0 saturated carbocycles. The van der Waals surface area contributed by atoms with Gasteiger partial charge in [-0.15, -0.1) is 0 Å². The Hall–Kier alpha value is -1.88. The first-order chi connectivity index (χ1) is 12.0. The highest BCUT2D eigenvalue weighted by atomic mass is 16.2. The van der Waals surface area contributed by atoms with Crippen molar-refractivity contribution in [3.05, 3.63) is 35.9 Å². The van der Waals surface area contributed by atoms with Gasteiger partial charge >= 0.3 is 11.8 Å². The fourth-order valence-electron chi connectivity index (χ4n) is 4.39. The number of nitrogens with zero attached hydrogens (tertiary/aromatic N) is 2. The van der Waals surface area contributed by atoms with E-state index in [4.69, 9.17) is 5.73 Å². The van der Waals surface area contributed by atoms with Gasteiger partial charge in [-0.05, 0) is 59.9 Å². The summed E-state index contributed by atoms with van der Waals surface area (Å²) in [5.74, 6) is -0.878. The third kappa shape index (κ3) is 4.26. The Morgan fingerprint density at radius 2 is 1.62 bits per heavy atom. The molecule has 2 rings (SSSR count). The van der Waals surface area contributed by atoms with Gasteiger partial charge in [-0.3, -0.25) is 9.59 Å². The van der Waals surface area contributed by atoms with Gasteiger partial charge in [-0.1, -0.05) is 30.3 Å². The van der Waals surface area contributed by atoms with Crippen LogP contribution in [0.2, 0.25) is 0 Å². The lowest BCUT2D eigenvalue weighted by molar-refractivity contribution is -0.164. The average Bonchev–Trinajstić information content (AvgIpc) is 2.49. The molecule has 0 radical (unpaired) electrons. The van der Waals surface area contributed by atoms with Crippen molar-refractivity contribution in [1.82, 2.24) is 9.80 Å². The predicted molar refractivity (Wildman–Crippen MR) is 104 cm³/mol. The van der Waals surface area contributed by atoms with Crippen molar-refractivity contribution in [2.24, 2.45) is 5.73 Å². The van der Waals surface area contributed by atoms with E-state index < -0.39 is 22.9 Å². The fraction of sp³-hybridized carbons (Fsp3) is 0.619. The smallest absolute Gasteiger partial charge is 0.313 e. The van der Waals surface area contributed by atoms with Crippen LogP contribution in [0.5, 0.6) is 0 Å². The molecule has 26 heavy (non-hydrogen) atoms. The van der Waals surface area contributed by atoms with E-state index in [0.29, 0.717) is 19.4 Å². The summed E-state index contributed by atoms with van der Waals surface area (Å²) in [5.41, 5.74) is 6.31. The summed E-state index contributed by atoms with van der Waals surface area (Å²) in [6.45, 7) is 12.3. The molecule has 1 heterocycles. The van der Waals surface area contributed by atoms with Crippen molar-refractivity contribution >= 4 is 11.8 Å². The van der Waals surface area contributed by atoms with E-state index in [1.165, 1.54) is 0 Å². The molecule has 2 amide bonds. The predicted octanol–water partition coefficient (Wildman–Crippen LogP) is 2.93. The van der Waals surface area contributed by atoms with Gasteiger partial charge in [0, 0.05) is 29.7 Å². The number of carbonyl (C=O) groups is 2. The fourth-order valence-corrected chi connectivity index (χ4v) is 4.39. The van der Waals surface area contributed by atoms with E-state index in [0.717, 1.165) is 5.56 Å². The van der Waals surface area contributed by atoms with Crippen LogP contribution in [0, 0.1) is 0 Å². The van der Waals surface area contributed by atoms with Crippen LogP contribution in [0.1, 0.15) is 59.9 Å². The first kappa shape index (κ1) is 20.4. The number of hydrogen-bond acceptors (Lipinski definition) is 3. The van der Waals surface area contributed by atoms with Crippen LogP contribution in [0.15, 0.2) is 30.3 Å². The standard InChI is InChI=1S/C21H33N3O2/c1-15(2)23(14-16-10-8-7-9-11-16)18(25)19(26)24-20(3,4)12-17(22)13-21(24,5)6/h7-11,15,17H,12-14,22H2,1-6H3. The largest absolute Gasteiger partial charge is 0.328 e. The molecule has 1 aliphatic heterocycles. The SMILES string of the molecule is CC(C)N(Cc1ccccc1)C(=O)C(=O)N1C(C)(C)CC(N)CC1(C)C. The minimum absolute atomic E-state index is 0.0321. The molecule has 1 saturated heterocycles. The molecule has 1 aliphatic rings. The first-order valence-electron chi connectivity index (χ1n) is 9.40. The summed E-state index contributed by atoms with van der Waals surface area (Å²) < 4.78 is 0. The van der Waals surface area contributed by atoms with Gasteiger partial charge in [0.1, 0.15) is 0 Å². The van der Waals surface area contributed by atoms with E-state index in [1.54, 1.807) is 9.80 Å². The van der Waals surface area contributed by atoms with Gasteiger partial charge in [0.05, 0.1) is 0 Å². The highest BCUT2D eigenvalue weighted by molar-refractivity contribution is 6.35. The van der Waals surface area contributed by atoms with E-state index in [-0.39, 0.29) is 12.1 Å². The normalized spacial score (nSPS) is 19.5. The molecule has 0 atom stereocenters. The van der Waals surface area contributed by atoms with Gasteiger partial charge in [0.25, 0.3) is 0 Å². The first-order valence-corrected chi connectivity index (χ1v) is 9.40. The third-order valence-electron chi connectivity index (χ3n) is 5.20. The van der Waals surface area contributed by atoms with Crippen LogP contribution in [-0.2, 0) is 16.1 Å². The highest BCUT2D eigenvalue weighted by Crippen LogP contribution is 2.38. The number of carbonyl (C=O) groups excluding carboxylic acids is 2. The number of likely N-dealkylation sites (tertiary alicyclic amines) is 1. The summed E-state index contributed by atoms with van der Waals surface area (Å²) in [6.07, 6.45) is 1.38. The van der Waals surface area contributed by atoms with Crippen LogP contribution in [0.4, 0.5) is 0 Å². The number of amides is 2. The Bertz CT molecular complexity index is 634. The van der Waals surface area contributed by atoms with Gasteiger partial charge in [-0.2, -0.15) is 0 Å². The van der Waals surface area contributed by atoms with Crippen molar-refractivity contribution in [2.45, 2.75) is 84.1 Å². The molecule has 5 heteroatoms. The van der Waals surface area contributed by atoms with E-state index in [9.17, 15) is 9.59 Å². The Morgan fingerprint density at radius 1 is 1.12 bits per heavy atom. The molecule has 1 fully saturated rings. The quantitative estimate of drug-likeness (QED) is 0.844. The molecule has 1 aromatic rings. The van der Waals surface area contributed by atoms with Gasteiger partial charge < -0.3 is 15.5 Å². The van der Waals surface area contributed by atoms with E-state index in [1.807, 2.05) is 71.9 Å². The van der Waals surface area contributed by atoms with Gasteiger partial charge in [0.2, 0.25) is 0 Å². The Morgan fingerprint density at radius 3 is 2.08 bits per heavy atom. The topological polar surface area (TPSA) is 66.6 Å². The zero-order valence-corrected chi connectivity index (χ0v) is 17.0. The molecule has 5 nitrogen and oxygen atoms in total. The summed E-state index contributed by atoms with van der Waals surface area (Å²) in [6, 6.07) is 9.74. The lowest BCUT2D eigenvalue weighted by atomic mass is 9.77. The summed E-state index contributed by atoms with van der Waals surface area (Å²) >= 11 is 0. The second-order valence-corrected chi connectivity index (χ2v) is 8.95. The monoisotopic (exact) mass is 359 g/mol. The molecule has 0 unspecified atom stereocenters. The Balaban J connectivity index is 2.29. The lowest BCUT2D eigenvalue weighted by Crippen LogP contribution is -2.67. The minimum atomic E-state index is -0.455. The van der Waals surface area contributed by atoms with Crippen molar-refractivity contribution in [2.75, 3.05) is 0 Å². The molecule has 0 spiro atoms. The molecular formula is C21H33N3O2. The lowest BCUT2D eigenvalue weighted by Gasteiger charge is -2.54.